The molecule has 2 rings (SSSR count). The molecule has 0 aromatic carbocycles. The largest absolute Gasteiger partial charge is 0.382 e. The van der Waals surface area contributed by atoms with Gasteiger partial charge in [0.05, 0.1) is 6.20 Å². The van der Waals surface area contributed by atoms with Crippen molar-refractivity contribution in [3.63, 3.8) is 0 Å². The summed E-state index contributed by atoms with van der Waals surface area (Å²) in [6.45, 7) is 9.49. The summed E-state index contributed by atoms with van der Waals surface area (Å²) in [5.74, 6) is 0. The molecule has 0 saturated carbocycles. The Morgan fingerprint density at radius 3 is 2.77 bits per heavy atom. The van der Waals surface area contributed by atoms with Crippen molar-refractivity contribution in [1.29, 1.82) is 0 Å². The number of thiocarbonyl (C=S) groups is 1. The second-order valence-corrected chi connectivity index (χ2v) is 5.95. The minimum atomic E-state index is 0.781. The molecular formula is C15H27N5OS. The zero-order chi connectivity index (χ0) is 15.8. The minimum Gasteiger partial charge on any atom is -0.382 e. The lowest BCUT2D eigenvalue weighted by Crippen LogP contribution is -2.51. The number of aromatic nitrogens is 2. The lowest BCUT2D eigenvalue weighted by molar-refractivity contribution is 0.145. The van der Waals surface area contributed by atoms with Crippen LogP contribution in [0.1, 0.15) is 18.9 Å². The Balaban J connectivity index is 1.62. The third-order valence-corrected chi connectivity index (χ3v) is 4.17. The van der Waals surface area contributed by atoms with Gasteiger partial charge in [-0.3, -0.25) is 9.58 Å². The van der Waals surface area contributed by atoms with Crippen LogP contribution in [0.5, 0.6) is 0 Å². The van der Waals surface area contributed by atoms with E-state index in [1.165, 1.54) is 5.56 Å². The van der Waals surface area contributed by atoms with E-state index in [0.29, 0.717) is 0 Å². The first-order chi connectivity index (χ1) is 10.7. The number of nitrogens with one attached hydrogen (secondary N) is 1. The van der Waals surface area contributed by atoms with Crippen molar-refractivity contribution >= 4 is 17.3 Å². The monoisotopic (exact) mass is 325 g/mol. The van der Waals surface area contributed by atoms with E-state index < -0.39 is 0 Å². The highest BCUT2D eigenvalue weighted by Crippen LogP contribution is 2.08. The van der Waals surface area contributed by atoms with Gasteiger partial charge in [-0.05, 0) is 25.6 Å². The van der Waals surface area contributed by atoms with E-state index in [4.69, 9.17) is 17.0 Å². The molecule has 124 valence electrons. The molecule has 0 bridgehead atoms. The van der Waals surface area contributed by atoms with E-state index >= 15 is 0 Å². The molecule has 0 unspecified atom stereocenters. The lowest BCUT2D eigenvalue weighted by Gasteiger charge is -2.36. The summed E-state index contributed by atoms with van der Waals surface area (Å²) in [6, 6.07) is 0. The lowest BCUT2D eigenvalue weighted by atomic mass is 10.2. The van der Waals surface area contributed by atoms with Gasteiger partial charge < -0.3 is 15.0 Å². The van der Waals surface area contributed by atoms with Crippen LogP contribution in [0.2, 0.25) is 0 Å². The van der Waals surface area contributed by atoms with Crippen LogP contribution in [0.3, 0.4) is 0 Å². The maximum Gasteiger partial charge on any atom is 0.169 e. The normalized spacial score (nSPS) is 16.0. The van der Waals surface area contributed by atoms with Crippen molar-refractivity contribution in [1.82, 2.24) is 24.9 Å². The van der Waals surface area contributed by atoms with E-state index in [1.54, 1.807) is 0 Å². The van der Waals surface area contributed by atoms with Crippen LogP contribution in [0, 0.1) is 0 Å². The predicted molar refractivity (Wildman–Crippen MR) is 91.8 cm³/mol. The number of aryl methyl sites for hydroxylation is 1. The Bertz CT molecular complexity index is 457. The molecule has 1 aromatic rings. The summed E-state index contributed by atoms with van der Waals surface area (Å²) in [4.78, 5) is 4.71. The minimum absolute atomic E-state index is 0.781. The predicted octanol–water partition coefficient (Wildman–Crippen LogP) is 0.839. The molecule has 0 aliphatic carbocycles. The van der Waals surface area contributed by atoms with E-state index in [0.717, 1.165) is 64.0 Å². The van der Waals surface area contributed by atoms with Crippen molar-refractivity contribution in [2.75, 3.05) is 45.9 Å². The maximum atomic E-state index is 5.47. The van der Waals surface area contributed by atoms with Crippen LogP contribution < -0.4 is 5.32 Å². The van der Waals surface area contributed by atoms with Crippen LogP contribution in [-0.2, 0) is 18.3 Å². The summed E-state index contributed by atoms with van der Waals surface area (Å²) in [7, 11) is 1.96. The Kier molecular flexibility index (Phi) is 7.08. The summed E-state index contributed by atoms with van der Waals surface area (Å²) >= 11 is 5.47. The molecule has 7 heteroatoms. The highest BCUT2D eigenvalue weighted by atomic mass is 32.1. The van der Waals surface area contributed by atoms with Crippen molar-refractivity contribution in [3.8, 4) is 0 Å². The first-order valence-corrected chi connectivity index (χ1v) is 8.40. The summed E-state index contributed by atoms with van der Waals surface area (Å²) < 4.78 is 7.18. The van der Waals surface area contributed by atoms with Gasteiger partial charge in [0.1, 0.15) is 0 Å². The van der Waals surface area contributed by atoms with E-state index in [-0.39, 0.29) is 0 Å². The molecule has 0 spiro atoms. The first-order valence-electron chi connectivity index (χ1n) is 7.99. The highest BCUT2D eigenvalue weighted by Gasteiger charge is 2.18. The molecule has 1 aliphatic heterocycles. The fourth-order valence-corrected chi connectivity index (χ4v) is 2.83. The Labute approximate surface area is 138 Å². The molecule has 1 aromatic heterocycles. The van der Waals surface area contributed by atoms with E-state index in [9.17, 15) is 0 Å². The molecule has 2 heterocycles. The fraction of sp³-hybridized carbons (Fsp3) is 0.733. The topological polar surface area (TPSA) is 45.6 Å². The van der Waals surface area contributed by atoms with Gasteiger partial charge in [-0.15, -0.1) is 0 Å². The third-order valence-electron chi connectivity index (χ3n) is 3.77. The number of nitrogens with zero attached hydrogens (tertiary/aromatic N) is 4. The number of ether oxygens (including phenoxy) is 1. The molecule has 1 saturated heterocycles. The van der Waals surface area contributed by atoms with Gasteiger partial charge in [0.2, 0.25) is 0 Å². The molecule has 1 N–H and O–H groups in total. The van der Waals surface area contributed by atoms with Crippen molar-refractivity contribution < 1.29 is 4.74 Å². The highest BCUT2D eigenvalue weighted by molar-refractivity contribution is 7.80. The maximum absolute atomic E-state index is 5.47. The molecular weight excluding hydrogens is 298 g/mol. The third kappa shape index (κ3) is 5.55. The van der Waals surface area contributed by atoms with Gasteiger partial charge in [-0.1, -0.05) is 0 Å². The van der Waals surface area contributed by atoms with Crippen LogP contribution in [0.4, 0.5) is 0 Å². The van der Waals surface area contributed by atoms with Crippen molar-refractivity contribution in [2.24, 2.45) is 7.05 Å². The van der Waals surface area contributed by atoms with Crippen LogP contribution in [-0.4, -0.2) is 70.6 Å². The van der Waals surface area contributed by atoms with Crippen LogP contribution in [0.15, 0.2) is 12.4 Å². The van der Waals surface area contributed by atoms with Crippen LogP contribution >= 0.6 is 12.2 Å². The molecule has 0 radical (unpaired) electrons. The quantitative estimate of drug-likeness (QED) is 0.592. The van der Waals surface area contributed by atoms with Gasteiger partial charge in [0.15, 0.2) is 5.11 Å². The SMILES string of the molecule is CCOCCCNC(=S)N1CCN(Cc2cnn(C)c2)CC1. The zero-order valence-electron chi connectivity index (χ0n) is 13.6. The molecule has 0 atom stereocenters. The standard InChI is InChI=1S/C15H27N5OS/c1-3-21-10-4-5-16-15(22)20-8-6-19(7-9-20)13-14-11-17-18(2)12-14/h11-12H,3-10,13H2,1-2H3,(H,16,22). The molecule has 1 fully saturated rings. The molecule has 22 heavy (non-hydrogen) atoms. The number of rotatable bonds is 7. The van der Waals surface area contributed by atoms with E-state index in [1.807, 2.05) is 24.9 Å². The molecule has 0 amide bonds. The van der Waals surface area contributed by atoms with Gasteiger partial charge in [0.25, 0.3) is 0 Å². The molecule has 1 aliphatic rings. The number of piperazine rings is 1. The fourth-order valence-electron chi connectivity index (χ4n) is 2.55. The summed E-state index contributed by atoms with van der Waals surface area (Å²) in [5.41, 5.74) is 1.27. The zero-order valence-corrected chi connectivity index (χ0v) is 14.4. The summed E-state index contributed by atoms with van der Waals surface area (Å²) in [5, 5.41) is 8.42. The average molecular weight is 325 g/mol. The van der Waals surface area contributed by atoms with Gasteiger partial charge >= 0.3 is 0 Å². The van der Waals surface area contributed by atoms with Gasteiger partial charge in [-0.2, -0.15) is 5.10 Å². The van der Waals surface area contributed by atoms with Gasteiger partial charge in [0, 0.05) is 71.3 Å². The second kappa shape index (κ2) is 9.07. The second-order valence-electron chi connectivity index (χ2n) is 5.57. The average Bonchev–Trinajstić information content (AvgIpc) is 2.93. The Morgan fingerprint density at radius 2 is 2.14 bits per heavy atom. The number of hydrogen-bond donors (Lipinski definition) is 1. The van der Waals surface area contributed by atoms with Crippen molar-refractivity contribution in [3.05, 3.63) is 18.0 Å². The van der Waals surface area contributed by atoms with Crippen molar-refractivity contribution in [2.45, 2.75) is 19.9 Å². The van der Waals surface area contributed by atoms with E-state index in [2.05, 4.69) is 26.4 Å². The van der Waals surface area contributed by atoms with Gasteiger partial charge in [-0.25, -0.2) is 0 Å². The smallest absolute Gasteiger partial charge is 0.169 e. The Morgan fingerprint density at radius 1 is 1.36 bits per heavy atom. The Hall–Kier alpha value is -1.18. The number of hydrogen-bond acceptors (Lipinski definition) is 4. The molecule has 6 nitrogen and oxygen atoms in total. The van der Waals surface area contributed by atoms with Crippen LogP contribution in [0.25, 0.3) is 0 Å². The summed E-state index contributed by atoms with van der Waals surface area (Å²) in [6.07, 6.45) is 5.02. The first kappa shape index (κ1) is 17.2.